The number of rotatable bonds is 1. The topological polar surface area (TPSA) is 69.6 Å². The highest BCUT2D eigenvalue weighted by Crippen LogP contribution is 2.30. The molecule has 0 radical (unpaired) electrons. The van der Waals surface area contributed by atoms with Crippen molar-refractivity contribution in [3.05, 3.63) is 30.5 Å². The quantitative estimate of drug-likeness (QED) is 0.799. The number of nitrogen functional groups attached to an aromatic ring is 1. The lowest BCUT2D eigenvalue weighted by Gasteiger charge is -2.09. The van der Waals surface area contributed by atoms with Crippen molar-refractivity contribution in [3.8, 4) is 5.69 Å². The smallest absolute Gasteiger partial charge is 0.382 e. The Hall–Kier alpha value is -2.12. The summed E-state index contributed by atoms with van der Waals surface area (Å²) < 4.78 is 38.4. The first kappa shape index (κ1) is 10.4. The molecular weight excluding hydrogens is 223 g/mol. The Morgan fingerprint density at radius 3 is 2.62 bits per heavy atom. The largest absolute Gasteiger partial charge is 0.417 e. The molecule has 0 aliphatic carbocycles. The summed E-state index contributed by atoms with van der Waals surface area (Å²) >= 11 is 0. The maximum Gasteiger partial charge on any atom is 0.417 e. The molecule has 0 fully saturated rings. The molecule has 8 heteroatoms. The minimum Gasteiger partial charge on any atom is -0.382 e. The minimum atomic E-state index is -4.46. The highest BCUT2D eigenvalue weighted by molar-refractivity contribution is 5.52. The number of alkyl halides is 3. The summed E-state index contributed by atoms with van der Waals surface area (Å²) in [6.45, 7) is 0. The van der Waals surface area contributed by atoms with E-state index in [4.69, 9.17) is 5.73 Å². The zero-order chi connectivity index (χ0) is 11.8. The van der Waals surface area contributed by atoms with Crippen LogP contribution in [0, 0.1) is 0 Å². The number of nitrogens with two attached hydrogens (primary N) is 1. The van der Waals surface area contributed by atoms with Gasteiger partial charge in [0.15, 0.2) is 0 Å². The van der Waals surface area contributed by atoms with Crippen LogP contribution in [0.15, 0.2) is 24.9 Å². The Labute approximate surface area is 87.7 Å². The Kier molecular flexibility index (Phi) is 2.26. The first-order valence-electron chi connectivity index (χ1n) is 4.16. The molecule has 0 aliphatic rings. The number of pyridine rings is 1. The Balaban J connectivity index is 2.54. The fraction of sp³-hybridized carbons (Fsp3) is 0.125. The van der Waals surface area contributed by atoms with Gasteiger partial charge in [0, 0.05) is 6.20 Å². The molecule has 84 valence electrons. The number of halogens is 3. The molecule has 2 N–H and O–H groups in total. The van der Waals surface area contributed by atoms with Gasteiger partial charge < -0.3 is 5.73 Å². The van der Waals surface area contributed by atoms with Gasteiger partial charge in [0.25, 0.3) is 0 Å². The fourth-order valence-corrected chi connectivity index (χ4v) is 1.13. The fourth-order valence-electron chi connectivity index (χ4n) is 1.13. The zero-order valence-electron chi connectivity index (χ0n) is 7.81. The number of aromatic nitrogens is 4. The standard InChI is InChI=1S/C8H6F3N5/c9-8(10,11)5-1-6(7(12)14-2-5)16-4-13-3-15-16/h1-4H,(H2,12,14). The van der Waals surface area contributed by atoms with Gasteiger partial charge in [-0.15, -0.1) is 0 Å². The van der Waals surface area contributed by atoms with Crippen LogP contribution in [-0.4, -0.2) is 19.7 Å². The molecule has 0 atom stereocenters. The number of hydrogen-bond acceptors (Lipinski definition) is 4. The third kappa shape index (κ3) is 1.81. The van der Waals surface area contributed by atoms with Crippen LogP contribution in [0.1, 0.15) is 5.56 Å². The SMILES string of the molecule is Nc1ncc(C(F)(F)F)cc1-n1cncn1. The van der Waals surface area contributed by atoms with E-state index in [1.807, 2.05) is 0 Å². The molecule has 16 heavy (non-hydrogen) atoms. The normalized spacial score (nSPS) is 11.7. The third-order valence-corrected chi connectivity index (χ3v) is 1.89. The summed E-state index contributed by atoms with van der Waals surface area (Å²) in [4.78, 5) is 7.09. The molecule has 2 heterocycles. The molecule has 2 rings (SSSR count). The molecule has 0 saturated carbocycles. The van der Waals surface area contributed by atoms with E-state index < -0.39 is 11.7 Å². The van der Waals surface area contributed by atoms with Crippen molar-refractivity contribution in [1.29, 1.82) is 0 Å². The highest BCUT2D eigenvalue weighted by atomic mass is 19.4. The summed E-state index contributed by atoms with van der Waals surface area (Å²) in [7, 11) is 0. The summed E-state index contributed by atoms with van der Waals surface area (Å²) in [6.07, 6.45) is -1.35. The summed E-state index contributed by atoms with van der Waals surface area (Å²) in [5.74, 6) is -0.0431. The van der Waals surface area contributed by atoms with Crippen LogP contribution in [0.3, 0.4) is 0 Å². The first-order chi connectivity index (χ1) is 7.48. The molecule has 0 bridgehead atoms. The molecule has 0 aromatic carbocycles. The second kappa shape index (κ2) is 3.47. The van der Waals surface area contributed by atoms with Crippen molar-refractivity contribution in [3.63, 3.8) is 0 Å². The Bertz CT molecular complexity index is 491. The first-order valence-corrected chi connectivity index (χ1v) is 4.16. The molecule has 5 nitrogen and oxygen atoms in total. The van der Waals surface area contributed by atoms with Crippen LogP contribution < -0.4 is 5.73 Å². The van der Waals surface area contributed by atoms with Crippen molar-refractivity contribution >= 4 is 5.82 Å². The maximum atomic E-state index is 12.4. The molecule has 0 aliphatic heterocycles. The predicted molar refractivity (Wildman–Crippen MR) is 48.6 cm³/mol. The second-order valence-electron chi connectivity index (χ2n) is 2.97. The van der Waals surface area contributed by atoms with Gasteiger partial charge in [-0.25, -0.2) is 14.6 Å². The second-order valence-corrected chi connectivity index (χ2v) is 2.97. The van der Waals surface area contributed by atoms with Gasteiger partial charge in [0.2, 0.25) is 0 Å². The van der Waals surface area contributed by atoms with Crippen molar-refractivity contribution in [2.45, 2.75) is 6.18 Å². The number of anilines is 1. The van der Waals surface area contributed by atoms with Crippen molar-refractivity contribution in [2.24, 2.45) is 0 Å². The average molecular weight is 229 g/mol. The molecule has 0 unspecified atom stereocenters. The third-order valence-electron chi connectivity index (χ3n) is 1.89. The van der Waals surface area contributed by atoms with Crippen LogP contribution in [0.25, 0.3) is 5.69 Å². The van der Waals surface area contributed by atoms with Gasteiger partial charge in [-0.2, -0.15) is 18.3 Å². The van der Waals surface area contributed by atoms with Gasteiger partial charge in [-0.1, -0.05) is 0 Å². The summed E-state index contributed by atoms with van der Waals surface area (Å²) in [6, 6.07) is 0.872. The molecule has 0 spiro atoms. The van der Waals surface area contributed by atoms with Crippen LogP contribution >= 0.6 is 0 Å². The number of hydrogen-bond donors (Lipinski definition) is 1. The van der Waals surface area contributed by atoms with E-state index in [2.05, 4.69) is 15.1 Å². The van der Waals surface area contributed by atoms with Crippen molar-refractivity contribution < 1.29 is 13.2 Å². The lowest BCUT2D eigenvalue weighted by atomic mass is 10.2. The minimum absolute atomic E-state index is 0.0431. The van der Waals surface area contributed by atoms with Gasteiger partial charge in [-0.3, -0.25) is 0 Å². The van der Waals surface area contributed by atoms with E-state index in [1.165, 1.54) is 12.7 Å². The zero-order valence-corrected chi connectivity index (χ0v) is 7.81. The molecule has 2 aromatic heterocycles. The molecule has 0 amide bonds. The van der Waals surface area contributed by atoms with Crippen LogP contribution in [-0.2, 0) is 6.18 Å². The lowest BCUT2D eigenvalue weighted by molar-refractivity contribution is -0.137. The monoisotopic (exact) mass is 229 g/mol. The van der Waals surface area contributed by atoms with Gasteiger partial charge in [0.1, 0.15) is 24.2 Å². The van der Waals surface area contributed by atoms with E-state index in [-0.39, 0.29) is 11.5 Å². The Morgan fingerprint density at radius 2 is 2.06 bits per heavy atom. The van der Waals surface area contributed by atoms with E-state index >= 15 is 0 Å². The summed E-state index contributed by atoms with van der Waals surface area (Å²) in [5.41, 5.74) is 4.62. The van der Waals surface area contributed by atoms with Crippen molar-refractivity contribution in [2.75, 3.05) is 5.73 Å². The van der Waals surface area contributed by atoms with E-state index in [1.54, 1.807) is 0 Å². The number of nitrogens with zero attached hydrogens (tertiary/aromatic N) is 4. The van der Waals surface area contributed by atoms with Crippen molar-refractivity contribution in [1.82, 2.24) is 19.7 Å². The Morgan fingerprint density at radius 1 is 1.31 bits per heavy atom. The lowest BCUT2D eigenvalue weighted by Crippen LogP contribution is -2.10. The average Bonchev–Trinajstić information content (AvgIpc) is 2.69. The molecular formula is C8H6F3N5. The van der Waals surface area contributed by atoms with Gasteiger partial charge in [-0.05, 0) is 6.07 Å². The van der Waals surface area contributed by atoms with Gasteiger partial charge in [0.05, 0.1) is 5.56 Å². The molecule has 2 aromatic rings. The maximum absolute atomic E-state index is 12.4. The van der Waals surface area contributed by atoms with E-state index in [9.17, 15) is 13.2 Å². The van der Waals surface area contributed by atoms with E-state index in [0.29, 0.717) is 6.20 Å². The highest BCUT2D eigenvalue weighted by Gasteiger charge is 2.31. The summed E-state index contributed by atoms with van der Waals surface area (Å²) in [5, 5.41) is 3.69. The van der Waals surface area contributed by atoms with Gasteiger partial charge >= 0.3 is 6.18 Å². The van der Waals surface area contributed by atoms with Crippen LogP contribution in [0.2, 0.25) is 0 Å². The predicted octanol–water partition coefficient (Wildman–Crippen LogP) is 1.26. The molecule has 0 saturated heterocycles. The van der Waals surface area contributed by atoms with Crippen LogP contribution in [0.5, 0.6) is 0 Å². The van der Waals surface area contributed by atoms with Crippen LogP contribution in [0.4, 0.5) is 19.0 Å². The van der Waals surface area contributed by atoms with E-state index in [0.717, 1.165) is 10.7 Å².